The third-order valence-electron chi connectivity index (χ3n) is 4.26. The van der Waals surface area contributed by atoms with E-state index in [0.717, 1.165) is 25.3 Å². The highest BCUT2D eigenvalue weighted by atomic mass is 15.3. The molecule has 1 aliphatic rings. The fraction of sp³-hybridized carbons (Fsp3) is 0.471. The molecule has 112 valence electrons. The summed E-state index contributed by atoms with van der Waals surface area (Å²) in [5.41, 5.74) is 3.75. The Hall–Kier alpha value is -1.65. The molecule has 1 aromatic carbocycles. The van der Waals surface area contributed by atoms with Gasteiger partial charge in [0.05, 0.1) is 11.4 Å². The first-order valence-corrected chi connectivity index (χ1v) is 7.65. The number of aryl methyl sites for hydroxylation is 2. The molecular formula is C17H24N4. The molecule has 0 spiro atoms. The monoisotopic (exact) mass is 284 g/mol. The average molecular weight is 284 g/mol. The van der Waals surface area contributed by atoms with Crippen LogP contribution in [0.3, 0.4) is 0 Å². The lowest BCUT2D eigenvalue weighted by atomic mass is 10.0. The molecule has 2 heterocycles. The van der Waals surface area contributed by atoms with E-state index in [0.29, 0.717) is 12.1 Å². The molecule has 0 aliphatic carbocycles. The van der Waals surface area contributed by atoms with Gasteiger partial charge in [-0.1, -0.05) is 30.3 Å². The van der Waals surface area contributed by atoms with Crippen LogP contribution in [0.15, 0.2) is 36.4 Å². The minimum Gasteiger partial charge on any atom is -0.311 e. The van der Waals surface area contributed by atoms with E-state index in [1.807, 2.05) is 11.7 Å². The zero-order valence-electron chi connectivity index (χ0n) is 13.1. The fourth-order valence-electron chi connectivity index (χ4n) is 3.18. The lowest BCUT2D eigenvalue weighted by Gasteiger charge is -2.39. The molecule has 1 fully saturated rings. The van der Waals surface area contributed by atoms with Gasteiger partial charge in [-0.2, -0.15) is 5.10 Å². The summed E-state index contributed by atoms with van der Waals surface area (Å²) in [5.74, 6) is 0. The molecule has 0 saturated carbocycles. The van der Waals surface area contributed by atoms with Crippen LogP contribution in [-0.4, -0.2) is 33.8 Å². The van der Waals surface area contributed by atoms with Gasteiger partial charge in [0.15, 0.2) is 0 Å². The summed E-state index contributed by atoms with van der Waals surface area (Å²) in [4.78, 5) is 2.56. The fourth-order valence-corrected chi connectivity index (χ4v) is 3.18. The molecule has 1 saturated heterocycles. The zero-order valence-corrected chi connectivity index (χ0v) is 13.1. The standard InChI is InChI=1S/C17H24N4/c1-13-9-16(20(3)19-13)12-21-11-14(2)18-10-17(21)15-7-5-4-6-8-15/h4-9,14,17-18H,10-12H2,1-3H3. The Labute approximate surface area is 126 Å². The van der Waals surface area contributed by atoms with E-state index in [1.54, 1.807) is 0 Å². The molecule has 1 aliphatic heterocycles. The van der Waals surface area contributed by atoms with Gasteiger partial charge in [0.25, 0.3) is 0 Å². The van der Waals surface area contributed by atoms with Crippen LogP contribution in [0.25, 0.3) is 0 Å². The van der Waals surface area contributed by atoms with Gasteiger partial charge in [-0.15, -0.1) is 0 Å². The summed E-state index contributed by atoms with van der Waals surface area (Å²) in [7, 11) is 2.03. The number of nitrogens with zero attached hydrogens (tertiary/aromatic N) is 3. The van der Waals surface area contributed by atoms with Crippen LogP contribution < -0.4 is 5.32 Å². The minimum absolute atomic E-state index is 0.428. The van der Waals surface area contributed by atoms with Crippen molar-refractivity contribution < 1.29 is 0 Å². The predicted molar refractivity (Wildman–Crippen MR) is 85.0 cm³/mol. The van der Waals surface area contributed by atoms with E-state index in [2.05, 4.69) is 65.6 Å². The molecule has 2 unspecified atom stereocenters. The van der Waals surface area contributed by atoms with Crippen molar-refractivity contribution in [3.63, 3.8) is 0 Å². The smallest absolute Gasteiger partial charge is 0.0597 e. The highest BCUT2D eigenvalue weighted by molar-refractivity contribution is 5.21. The molecular weight excluding hydrogens is 260 g/mol. The lowest BCUT2D eigenvalue weighted by molar-refractivity contribution is 0.124. The van der Waals surface area contributed by atoms with Crippen molar-refractivity contribution in [3.8, 4) is 0 Å². The van der Waals surface area contributed by atoms with Crippen molar-refractivity contribution in [2.45, 2.75) is 32.5 Å². The number of hydrogen-bond acceptors (Lipinski definition) is 3. The summed E-state index contributed by atoms with van der Waals surface area (Å²) in [6, 6.07) is 13.9. The summed E-state index contributed by atoms with van der Waals surface area (Å²) in [6.45, 7) is 7.32. The van der Waals surface area contributed by atoms with Crippen molar-refractivity contribution >= 4 is 0 Å². The maximum atomic E-state index is 4.47. The SMILES string of the molecule is Cc1cc(CN2CC(C)NCC2c2ccccc2)n(C)n1. The van der Waals surface area contributed by atoms with E-state index < -0.39 is 0 Å². The van der Waals surface area contributed by atoms with Crippen LogP contribution in [0.5, 0.6) is 0 Å². The number of rotatable bonds is 3. The summed E-state index contributed by atoms with van der Waals surface area (Å²) >= 11 is 0. The van der Waals surface area contributed by atoms with Crippen LogP contribution in [0.2, 0.25) is 0 Å². The van der Waals surface area contributed by atoms with Crippen LogP contribution >= 0.6 is 0 Å². The Bertz CT molecular complexity index is 590. The van der Waals surface area contributed by atoms with E-state index >= 15 is 0 Å². The van der Waals surface area contributed by atoms with Crippen LogP contribution in [0.1, 0.15) is 29.9 Å². The molecule has 1 N–H and O–H groups in total. The second-order valence-electron chi connectivity index (χ2n) is 6.07. The topological polar surface area (TPSA) is 33.1 Å². The average Bonchev–Trinajstić information content (AvgIpc) is 2.78. The molecule has 4 nitrogen and oxygen atoms in total. The summed E-state index contributed by atoms with van der Waals surface area (Å²) in [6.07, 6.45) is 0. The molecule has 2 atom stereocenters. The van der Waals surface area contributed by atoms with E-state index in [-0.39, 0.29) is 0 Å². The Morgan fingerprint density at radius 1 is 1.29 bits per heavy atom. The lowest BCUT2D eigenvalue weighted by Crippen LogP contribution is -2.50. The van der Waals surface area contributed by atoms with Gasteiger partial charge in [-0.25, -0.2) is 0 Å². The summed E-state index contributed by atoms with van der Waals surface area (Å²) in [5, 5.41) is 8.07. The molecule has 0 amide bonds. The highest BCUT2D eigenvalue weighted by Crippen LogP contribution is 2.25. The van der Waals surface area contributed by atoms with E-state index in [9.17, 15) is 0 Å². The third-order valence-corrected chi connectivity index (χ3v) is 4.26. The number of aromatic nitrogens is 2. The molecule has 1 aromatic heterocycles. The van der Waals surface area contributed by atoms with Gasteiger partial charge >= 0.3 is 0 Å². The second-order valence-corrected chi connectivity index (χ2v) is 6.07. The first-order chi connectivity index (χ1) is 10.1. The Morgan fingerprint density at radius 2 is 2.05 bits per heavy atom. The first-order valence-electron chi connectivity index (χ1n) is 7.65. The first kappa shape index (κ1) is 14.3. The second kappa shape index (κ2) is 6.00. The Kier molecular flexibility index (Phi) is 4.08. The van der Waals surface area contributed by atoms with Crippen molar-refractivity contribution in [2.24, 2.45) is 7.05 Å². The van der Waals surface area contributed by atoms with Gasteiger partial charge in [-0.3, -0.25) is 9.58 Å². The number of hydrogen-bond donors (Lipinski definition) is 1. The van der Waals surface area contributed by atoms with Crippen LogP contribution in [0.4, 0.5) is 0 Å². The number of benzene rings is 1. The van der Waals surface area contributed by atoms with E-state index in [1.165, 1.54) is 11.3 Å². The van der Waals surface area contributed by atoms with Gasteiger partial charge < -0.3 is 5.32 Å². The normalized spacial score (nSPS) is 23.4. The largest absolute Gasteiger partial charge is 0.311 e. The van der Waals surface area contributed by atoms with Gasteiger partial charge in [0.1, 0.15) is 0 Å². The van der Waals surface area contributed by atoms with Crippen LogP contribution in [-0.2, 0) is 13.6 Å². The van der Waals surface area contributed by atoms with Crippen molar-refractivity contribution in [1.82, 2.24) is 20.0 Å². The molecule has 2 aromatic rings. The number of piperazine rings is 1. The van der Waals surface area contributed by atoms with Gasteiger partial charge in [0, 0.05) is 38.8 Å². The molecule has 4 heteroatoms. The third kappa shape index (κ3) is 3.17. The molecule has 21 heavy (non-hydrogen) atoms. The predicted octanol–water partition coefficient (Wildman–Crippen LogP) is 2.26. The van der Waals surface area contributed by atoms with Crippen LogP contribution in [0, 0.1) is 6.92 Å². The molecule has 0 radical (unpaired) electrons. The van der Waals surface area contributed by atoms with Crippen molar-refractivity contribution in [3.05, 3.63) is 53.3 Å². The Morgan fingerprint density at radius 3 is 2.71 bits per heavy atom. The Balaban J connectivity index is 1.83. The highest BCUT2D eigenvalue weighted by Gasteiger charge is 2.27. The molecule has 0 bridgehead atoms. The minimum atomic E-state index is 0.428. The molecule has 3 rings (SSSR count). The maximum absolute atomic E-state index is 4.47. The summed E-state index contributed by atoms with van der Waals surface area (Å²) < 4.78 is 2.00. The van der Waals surface area contributed by atoms with Crippen molar-refractivity contribution in [1.29, 1.82) is 0 Å². The quantitative estimate of drug-likeness (QED) is 0.938. The van der Waals surface area contributed by atoms with E-state index in [4.69, 9.17) is 0 Å². The van der Waals surface area contributed by atoms with Gasteiger partial charge in [0.2, 0.25) is 0 Å². The zero-order chi connectivity index (χ0) is 14.8. The number of nitrogens with one attached hydrogen (secondary N) is 1. The maximum Gasteiger partial charge on any atom is 0.0597 e. The van der Waals surface area contributed by atoms with Gasteiger partial charge in [-0.05, 0) is 25.5 Å². The van der Waals surface area contributed by atoms with Crippen molar-refractivity contribution in [2.75, 3.05) is 13.1 Å².